The van der Waals surface area contributed by atoms with Crippen LogP contribution in [0.1, 0.15) is 33.4 Å². The van der Waals surface area contributed by atoms with E-state index < -0.39 is 5.41 Å². The molecule has 1 atom stereocenters. The number of rotatable bonds is 5. The molecule has 0 bridgehead atoms. The van der Waals surface area contributed by atoms with Crippen LogP contribution in [-0.2, 0) is 5.41 Å². The van der Waals surface area contributed by atoms with Crippen LogP contribution in [0.4, 0.5) is 0 Å². The average molecular weight is 650 g/mol. The van der Waals surface area contributed by atoms with Crippen molar-refractivity contribution in [2.75, 3.05) is 0 Å². The monoisotopic (exact) mass is 649 g/mol. The maximum Gasteiger partial charge on any atom is 0.164 e. The van der Waals surface area contributed by atoms with Crippen LogP contribution < -0.4 is 0 Å². The summed E-state index contributed by atoms with van der Waals surface area (Å²) in [6, 6.07) is 60.1. The van der Waals surface area contributed by atoms with Gasteiger partial charge in [-0.1, -0.05) is 133 Å². The smallest absolute Gasteiger partial charge is 0.164 e. The van der Waals surface area contributed by atoms with Gasteiger partial charge >= 0.3 is 0 Å². The van der Waals surface area contributed by atoms with Crippen molar-refractivity contribution in [3.8, 4) is 57.4 Å². The Bertz CT molecular complexity index is 2650. The van der Waals surface area contributed by atoms with Crippen molar-refractivity contribution in [2.45, 2.75) is 5.41 Å². The van der Waals surface area contributed by atoms with Crippen LogP contribution in [0.2, 0.25) is 0 Å². The molecule has 0 N–H and O–H groups in total. The molecule has 9 rings (SSSR count). The fourth-order valence-electron chi connectivity index (χ4n) is 7.56. The lowest BCUT2D eigenvalue weighted by molar-refractivity contribution is 0.769. The van der Waals surface area contributed by atoms with E-state index in [0.717, 1.165) is 60.8 Å². The Morgan fingerprint density at radius 2 is 0.882 bits per heavy atom. The highest BCUT2D eigenvalue weighted by Crippen LogP contribution is 2.57. The summed E-state index contributed by atoms with van der Waals surface area (Å²) in [6.45, 7) is 0. The van der Waals surface area contributed by atoms with Crippen molar-refractivity contribution in [1.82, 2.24) is 15.0 Å². The third-order valence-corrected chi connectivity index (χ3v) is 9.84. The molecule has 51 heavy (non-hydrogen) atoms. The van der Waals surface area contributed by atoms with Gasteiger partial charge in [0.05, 0.1) is 16.5 Å². The minimum Gasteiger partial charge on any atom is -0.208 e. The van der Waals surface area contributed by atoms with Crippen LogP contribution in [0.25, 0.3) is 56.1 Å². The van der Waals surface area contributed by atoms with E-state index in [9.17, 15) is 10.5 Å². The van der Waals surface area contributed by atoms with Gasteiger partial charge in [0.15, 0.2) is 17.5 Å². The van der Waals surface area contributed by atoms with E-state index in [0.29, 0.717) is 28.6 Å². The first kappa shape index (κ1) is 29.9. The molecule has 236 valence electrons. The highest BCUT2D eigenvalue weighted by molar-refractivity contribution is 5.97. The molecule has 1 aliphatic carbocycles. The number of hydrogen-bond acceptors (Lipinski definition) is 5. The molecular formula is C46H27N5. The molecule has 8 aromatic rings. The van der Waals surface area contributed by atoms with E-state index in [1.807, 2.05) is 78.9 Å². The maximum atomic E-state index is 9.91. The number of fused-ring (bicyclic) bond motifs is 4. The summed E-state index contributed by atoms with van der Waals surface area (Å²) in [4.78, 5) is 15.0. The third kappa shape index (κ3) is 4.80. The van der Waals surface area contributed by atoms with Gasteiger partial charge in [0, 0.05) is 16.7 Å². The van der Waals surface area contributed by atoms with Crippen LogP contribution in [0, 0.1) is 22.7 Å². The number of nitrogens with zero attached hydrogens (tertiary/aromatic N) is 5. The summed E-state index contributed by atoms with van der Waals surface area (Å²) in [5.74, 6) is 1.80. The minimum atomic E-state index is -0.699. The van der Waals surface area contributed by atoms with Crippen molar-refractivity contribution < 1.29 is 0 Å². The second kappa shape index (κ2) is 12.0. The number of hydrogen-bond donors (Lipinski definition) is 0. The Kier molecular flexibility index (Phi) is 7.06. The van der Waals surface area contributed by atoms with Gasteiger partial charge in [-0.15, -0.1) is 0 Å². The van der Waals surface area contributed by atoms with Crippen molar-refractivity contribution >= 4 is 10.8 Å². The number of benzene rings is 7. The van der Waals surface area contributed by atoms with E-state index in [1.165, 1.54) is 0 Å². The summed E-state index contributed by atoms with van der Waals surface area (Å²) in [6.07, 6.45) is 0. The molecule has 7 aromatic carbocycles. The van der Waals surface area contributed by atoms with Crippen molar-refractivity contribution in [2.24, 2.45) is 0 Å². The second-order valence-electron chi connectivity index (χ2n) is 12.6. The predicted molar refractivity (Wildman–Crippen MR) is 200 cm³/mol. The highest BCUT2D eigenvalue weighted by Gasteiger charge is 2.46. The van der Waals surface area contributed by atoms with Crippen LogP contribution in [0.3, 0.4) is 0 Å². The third-order valence-electron chi connectivity index (χ3n) is 9.84. The van der Waals surface area contributed by atoms with Crippen molar-refractivity contribution in [3.63, 3.8) is 0 Å². The SMILES string of the molecule is N#Cc1cc2cc3c(cc2cc1C#N)C(c1ccccc1)(c1cccc(-c2nc(-c4ccccc4)nc(-c4ccccc4)n2)c1)c1ccccc1-3. The molecule has 5 nitrogen and oxygen atoms in total. The molecule has 0 saturated carbocycles. The fraction of sp³-hybridized carbons (Fsp3) is 0.0217. The van der Waals surface area contributed by atoms with Gasteiger partial charge in [-0.2, -0.15) is 10.5 Å². The van der Waals surface area contributed by atoms with Crippen molar-refractivity contribution in [3.05, 3.63) is 197 Å². The minimum absolute atomic E-state index is 0.367. The van der Waals surface area contributed by atoms with Crippen LogP contribution in [0.15, 0.2) is 164 Å². The van der Waals surface area contributed by atoms with E-state index in [-0.39, 0.29) is 0 Å². The fourth-order valence-corrected chi connectivity index (χ4v) is 7.56. The molecule has 0 spiro atoms. The van der Waals surface area contributed by atoms with Gasteiger partial charge in [0.25, 0.3) is 0 Å². The molecule has 1 heterocycles. The summed E-state index contributed by atoms with van der Waals surface area (Å²) in [5, 5.41) is 21.5. The lowest BCUT2D eigenvalue weighted by Crippen LogP contribution is -2.28. The zero-order chi connectivity index (χ0) is 34.4. The zero-order valence-electron chi connectivity index (χ0n) is 27.3. The Hall–Kier alpha value is -7.21. The molecule has 0 radical (unpaired) electrons. The molecule has 0 saturated heterocycles. The predicted octanol–water partition coefficient (Wildman–Crippen LogP) is 10.1. The quantitative estimate of drug-likeness (QED) is 0.185. The molecular weight excluding hydrogens is 623 g/mol. The summed E-state index contributed by atoms with van der Waals surface area (Å²) in [5.41, 5.74) is 9.42. The van der Waals surface area contributed by atoms with Crippen LogP contribution in [-0.4, -0.2) is 15.0 Å². The number of aromatic nitrogens is 3. The molecule has 5 heteroatoms. The first-order valence-corrected chi connectivity index (χ1v) is 16.7. The molecule has 1 aromatic heterocycles. The first-order valence-electron chi connectivity index (χ1n) is 16.7. The Morgan fingerprint density at radius 3 is 1.49 bits per heavy atom. The summed E-state index contributed by atoms with van der Waals surface area (Å²) >= 11 is 0. The Labute approximate surface area is 295 Å². The Balaban J connectivity index is 1.32. The normalized spacial score (nSPS) is 14.3. The van der Waals surface area contributed by atoms with Crippen LogP contribution >= 0.6 is 0 Å². The molecule has 0 amide bonds. The topological polar surface area (TPSA) is 86.2 Å². The average Bonchev–Trinajstić information content (AvgIpc) is 3.50. The second-order valence-corrected chi connectivity index (χ2v) is 12.6. The van der Waals surface area contributed by atoms with Gasteiger partial charge in [-0.05, 0) is 74.5 Å². The van der Waals surface area contributed by atoms with Gasteiger partial charge in [0.2, 0.25) is 0 Å². The van der Waals surface area contributed by atoms with Gasteiger partial charge in [0.1, 0.15) is 12.1 Å². The maximum absolute atomic E-state index is 9.91. The standard InChI is InChI=1S/C46H27N5/c47-28-35-23-33-26-40-39-21-10-11-22-41(39)46(37-18-8-3-9-19-37,42(40)27-34(33)24-36(35)29-48)38-20-12-17-32(25-38)45-50-43(30-13-4-1-5-14-30)49-44(51-45)31-15-6-2-7-16-31/h1-27H. The molecule has 0 aliphatic heterocycles. The van der Waals surface area contributed by atoms with Crippen molar-refractivity contribution in [1.29, 1.82) is 10.5 Å². The lowest BCUT2D eigenvalue weighted by Gasteiger charge is -2.34. The van der Waals surface area contributed by atoms with E-state index in [2.05, 4.69) is 97.1 Å². The number of nitriles is 2. The summed E-state index contributed by atoms with van der Waals surface area (Å²) in [7, 11) is 0. The summed E-state index contributed by atoms with van der Waals surface area (Å²) < 4.78 is 0. The van der Waals surface area contributed by atoms with Gasteiger partial charge in [-0.25, -0.2) is 15.0 Å². The first-order chi connectivity index (χ1) is 25.2. The molecule has 0 fully saturated rings. The molecule has 1 unspecified atom stereocenters. The van der Waals surface area contributed by atoms with E-state index in [4.69, 9.17) is 15.0 Å². The van der Waals surface area contributed by atoms with Crippen LogP contribution in [0.5, 0.6) is 0 Å². The Morgan fingerprint density at radius 1 is 0.392 bits per heavy atom. The highest BCUT2D eigenvalue weighted by atomic mass is 15.0. The van der Waals surface area contributed by atoms with E-state index in [1.54, 1.807) is 0 Å². The van der Waals surface area contributed by atoms with E-state index >= 15 is 0 Å². The van der Waals surface area contributed by atoms with Gasteiger partial charge in [-0.3, -0.25) is 0 Å². The van der Waals surface area contributed by atoms with Gasteiger partial charge < -0.3 is 0 Å². The lowest BCUT2D eigenvalue weighted by atomic mass is 9.67. The molecule has 1 aliphatic rings. The largest absolute Gasteiger partial charge is 0.208 e. The zero-order valence-corrected chi connectivity index (χ0v) is 27.3.